The van der Waals surface area contributed by atoms with Gasteiger partial charge >= 0.3 is 0 Å². The van der Waals surface area contributed by atoms with E-state index in [4.69, 9.17) is 30.5 Å². The summed E-state index contributed by atoms with van der Waals surface area (Å²) in [5.41, 5.74) is 3.55. The quantitative estimate of drug-likeness (QED) is 0.514. The van der Waals surface area contributed by atoms with Gasteiger partial charge in [-0.15, -0.1) is 11.6 Å². The van der Waals surface area contributed by atoms with Gasteiger partial charge in [-0.25, -0.2) is 0 Å². The van der Waals surface area contributed by atoms with E-state index >= 15 is 0 Å². The molecule has 1 atom stereocenters. The highest BCUT2D eigenvalue weighted by molar-refractivity contribution is 6.17. The van der Waals surface area contributed by atoms with Crippen LogP contribution in [-0.4, -0.2) is 32.0 Å². The van der Waals surface area contributed by atoms with Crippen LogP contribution in [-0.2, 0) is 32.0 Å². The first kappa shape index (κ1) is 18.2. The maximum absolute atomic E-state index is 5.90. The molecule has 0 saturated carbocycles. The smallest absolute Gasteiger partial charge is 0.184 e. The van der Waals surface area contributed by atoms with Crippen LogP contribution in [0.15, 0.2) is 18.2 Å². The van der Waals surface area contributed by atoms with Crippen LogP contribution in [0.4, 0.5) is 0 Å². The topological polar surface area (TPSA) is 36.9 Å². The SMILES string of the molecule is ClCCCCc1ccc(COC2CCCCO2)cc1C1OCCO1. The van der Waals surface area contributed by atoms with E-state index in [0.717, 1.165) is 49.8 Å². The predicted molar refractivity (Wildman–Crippen MR) is 93.1 cm³/mol. The Morgan fingerprint density at radius 1 is 1.04 bits per heavy atom. The molecule has 24 heavy (non-hydrogen) atoms. The van der Waals surface area contributed by atoms with Gasteiger partial charge in [-0.2, -0.15) is 0 Å². The summed E-state index contributed by atoms with van der Waals surface area (Å²) >= 11 is 5.80. The zero-order valence-corrected chi connectivity index (χ0v) is 14.9. The van der Waals surface area contributed by atoms with Gasteiger partial charge in [0.05, 0.1) is 19.8 Å². The van der Waals surface area contributed by atoms with Crippen molar-refractivity contribution in [2.24, 2.45) is 0 Å². The average molecular weight is 355 g/mol. The molecule has 4 nitrogen and oxygen atoms in total. The van der Waals surface area contributed by atoms with Crippen molar-refractivity contribution in [1.82, 2.24) is 0 Å². The van der Waals surface area contributed by atoms with Crippen molar-refractivity contribution in [3.05, 3.63) is 34.9 Å². The fourth-order valence-corrected chi connectivity index (χ4v) is 3.35. The van der Waals surface area contributed by atoms with Crippen LogP contribution in [0.25, 0.3) is 0 Å². The highest BCUT2D eigenvalue weighted by Gasteiger charge is 2.22. The van der Waals surface area contributed by atoms with Gasteiger partial charge in [-0.1, -0.05) is 12.1 Å². The van der Waals surface area contributed by atoms with Gasteiger partial charge in [0.2, 0.25) is 0 Å². The van der Waals surface area contributed by atoms with Gasteiger partial charge in [-0.3, -0.25) is 0 Å². The second-order valence-electron chi connectivity index (χ2n) is 6.36. The number of alkyl halides is 1. The molecule has 1 aromatic carbocycles. The van der Waals surface area contributed by atoms with Crippen LogP contribution in [0.2, 0.25) is 0 Å². The second-order valence-corrected chi connectivity index (χ2v) is 6.74. The summed E-state index contributed by atoms with van der Waals surface area (Å²) in [6, 6.07) is 6.47. The molecule has 0 aliphatic carbocycles. The molecule has 0 N–H and O–H groups in total. The van der Waals surface area contributed by atoms with Crippen molar-refractivity contribution >= 4 is 11.6 Å². The molecule has 0 radical (unpaired) electrons. The second kappa shape index (κ2) is 9.73. The van der Waals surface area contributed by atoms with Crippen LogP contribution in [0.5, 0.6) is 0 Å². The molecule has 1 aromatic rings. The number of ether oxygens (including phenoxy) is 4. The molecule has 0 amide bonds. The molecule has 0 bridgehead atoms. The summed E-state index contributed by atoms with van der Waals surface area (Å²) in [6.07, 6.45) is 6.09. The number of hydrogen-bond acceptors (Lipinski definition) is 4. The molecule has 2 heterocycles. The first-order valence-corrected chi connectivity index (χ1v) is 9.54. The van der Waals surface area contributed by atoms with Crippen molar-refractivity contribution in [2.75, 3.05) is 25.7 Å². The Bertz CT molecular complexity index is 496. The van der Waals surface area contributed by atoms with Crippen molar-refractivity contribution in [3.63, 3.8) is 0 Å². The standard InChI is InChI=1S/C19H27ClO4/c20-9-3-1-5-16-8-7-15(13-17(16)19-22-11-12-23-19)14-24-18-6-2-4-10-21-18/h7-8,13,18-19H,1-6,9-12,14H2. The Hall–Kier alpha value is -0.650. The molecule has 2 fully saturated rings. The molecular weight excluding hydrogens is 328 g/mol. The largest absolute Gasteiger partial charge is 0.353 e. The van der Waals surface area contributed by atoms with Crippen LogP contribution >= 0.6 is 11.6 Å². The van der Waals surface area contributed by atoms with Gasteiger partial charge in [-0.05, 0) is 55.7 Å². The minimum absolute atomic E-state index is 0.0652. The van der Waals surface area contributed by atoms with Gasteiger partial charge in [0.1, 0.15) is 0 Å². The molecule has 0 spiro atoms. The number of halogens is 1. The van der Waals surface area contributed by atoms with Gasteiger partial charge < -0.3 is 18.9 Å². The van der Waals surface area contributed by atoms with E-state index in [1.807, 2.05) is 0 Å². The Morgan fingerprint density at radius 2 is 1.92 bits per heavy atom. The first-order chi connectivity index (χ1) is 11.9. The third-order valence-electron chi connectivity index (χ3n) is 4.49. The molecule has 3 rings (SSSR count). The Balaban J connectivity index is 1.64. The normalized spacial score (nSPS) is 22.1. The molecule has 2 saturated heterocycles. The first-order valence-electron chi connectivity index (χ1n) is 9.01. The van der Waals surface area contributed by atoms with Gasteiger partial charge in [0.15, 0.2) is 12.6 Å². The molecule has 2 aliphatic rings. The Labute approximate surface area is 149 Å². The maximum atomic E-state index is 5.90. The number of aryl methyl sites for hydroxylation is 1. The van der Waals surface area contributed by atoms with Crippen LogP contribution in [0.1, 0.15) is 55.1 Å². The zero-order valence-electron chi connectivity index (χ0n) is 14.2. The Morgan fingerprint density at radius 3 is 2.67 bits per heavy atom. The fourth-order valence-electron chi connectivity index (χ4n) is 3.16. The predicted octanol–water partition coefficient (Wildman–Crippen LogP) is 4.34. The van der Waals surface area contributed by atoms with E-state index in [9.17, 15) is 0 Å². The molecule has 0 aromatic heterocycles. The van der Waals surface area contributed by atoms with Crippen molar-refractivity contribution in [2.45, 2.75) is 57.7 Å². The molecule has 1 unspecified atom stereocenters. The summed E-state index contributed by atoms with van der Waals surface area (Å²) in [4.78, 5) is 0. The minimum atomic E-state index is -0.248. The van der Waals surface area contributed by atoms with Gasteiger partial charge in [0.25, 0.3) is 0 Å². The van der Waals surface area contributed by atoms with Gasteiger partial charge in [0, 0.05) is 18.1 Å². The summed E-state index contributed by atoms with van der Waals surface area (Å²) in [6.45, 7) is 2.68. The van der Waals surface area contributed by atoms with E-state index < -0.39 is 0 Å². The molecular formula is C19H27ClO4. The lowest BCUT2D eigenvalue weighted by Gasteiger charge is -2.23. The maximum Gasteiger partial charge on any atom is 0.184 e. The average Bonchev–Trinajstić information content (AvgIpc) is 3.16. The monoisotopic (exact) mass is 354 g/mol. The highest BCUT2D eigenvalue weighted by Crippen LogP contribution is 2.29. The third-order valence-corrected chi connectivity index (χ3v) is 4.76. The van der Waals surface area contributed by atoms with Crippen molar-refractivity contribution < 1.29 is 18.9 Å². The lowest BCUT2D eigenvalue weighted by Crippen LogP contribution is -2.22. The van der Waals surface area contributed by atoms with E-state index in [-0.39, 0.29) is 12.6 Å². The van der Waals surface area contributed by atoms with Crippen LogP contribution < -0.4 is 0 Å². The molecule has 5 heteroatoms. The number of hydrogen-bond donors (Lipinski definition) is 0. The van der Waals surface area contributed by atoms with Crippen LogP contribution in [0.3, 0.4) is 0 Å². The molecule has 134 valence electrons. The summed E-state index contributed by atoms with van der Waals surface area (Å²) in [5.74, 6) is 0.707. The minimum Gasteiger partial charge on any atom is -0.353 e. The summed E-state index contributed by atoms with van der Waals surface area (Å²) in [5, 5.41) is 0. The number of rotatable bonds is 8. The fraction of sp³-hybridized carbons (Fsp3) is 0.684. The van der Waals surface area contributed by atoms with Crippen molar-refractivity contribution in [1.29, 1.82) is 0 Å². The number of unbranched alkanes of at least 4 members (excludes halogenated alkanes) is 1. The lowest BCUT2D eigenvalue weighted by molar-refractivity contribution is -0.168. The molecule has 2 aliphatic heterocycles. The zero-order chi connectivity index (χ0) is 16.6. The van der Waals surface area contributed by atoms with Crippen LogP contribution in [0, 0.1) is 0 Å². The number of benzene rings is 1. The van der Waals surface area contributed by atoms with E-state index in [2.05, 4.69) is 18.2 Å². The van der Waals surface area contributed by atoms with Crippen molar-refractivity contribution in [3.8, 4) is 0 Å². The Kier molecular flexibility index (Phi) is 7.36. The summed E-state index contributed by atoms with van der Waals surface area (Å²) in [7, 11) is 0. The highest BCUT2D eigenvalue weighted by atomic mass is 35.5. The summed E-state index contributed by atoms with van der Waals surface area (Å²) < 4.78 is 23.0. The van der Waals surface area contributed by atoms with E-state index in [1.165, 1.54) is 12.0 Å². The third kappa shape index (κ3) is 5.17. The van der Waals surface area contributed by atoms with E-state index in [0.29, 0.717) is 25.7 Å². The lowest BCUT2D eigenvalue weighted by atomic mass is 9.99. The van der Waals surface area contributed by atoms with E-state index in [1.54, 1.807) is 0 Å².